The maximum atomic E-state index is 12.1. The number of aliphatic hydroxyl groups is 3. The van der Waals surface area contributed by atoms with E-state index in [0.717, 1.165) is 19.3 Å². The molecule has 0 radical (unpaired) electrons. The van der Waals surface area contributed by atoms with Crippen molar-refractivity contribution in [1.82, 2.24) is 0 Å². The highest BCUT2D eigenvalue weighted by Gasteiger charge is 2.43. The molecule has 1 fully saturated rings. The van der Waals surface area contributed by atoms with Crippen LogP contribution in [-0.2, 0) is 14.3 Å². The summed E-state index contributed by atoms with van der Waals surface area (Å²) >= 11 is 0. The first-order chi connectivity index (χ1) is 11.8. The Morgan fingerprint density at radius 3 is 2.28 bits per heavy atom. The van der Waals surface area contributed by atoms with Crippen molar-refractivity contribution in [1.29, 1.82) is 0 Å². The number of carbonyl (C=O) groups is 1. The molecule has 0 spiro atoms. The Morgan fingerprint density at radius 2 is 1.68 bits per heavy atom. The number of Topliss-reactive ketones (excluding diaryl/α,β-unsaturated/α-hetero) is 1. The van der Waals surface area contributed by atoms with Crippen molar-refractivity contribution in [3.63, 3.8) is 0 Å². The Balaban J connectivity index is 2.62. The Morgan fingerprint density at radius 1 is 1.04 bits per heavy atom. The van der Waals surface area contributed by atoms with Crippen LogP contribution in [-0.4, -0.2) is 57.9 Å². The molecule has 1 aliphatic rings. The summed E-state index contributed by atoms with van der Waals surface area (Å²) in [7, 11) is 0. The largest absolute Gasteiger partial charge is 0.388 e. The van der Waals surface area contributed by atoms with E-state index >= 15 is 0 Å². The predicted molar refractivity (Wildman–Crippen MR) is 95.1 cm³/mol. The average molecular weight is 360 g/mol. The molecule has 0 aromatic carbocycles. The Labute approximate surface area is 151 Å². The Bertz CT molecular complexity index is 386. The zero-order valence-corrected chi connectivity index (χ0v) is 16.1. The lowest BCUT2D eigenvalue weighted by Gasteiger charge is -2.40. The van der Waals surface area contributed by atoms with Crippen LogP contribution in [0.1, 0.15) is 72.6 Å². The molecule has 148 valence electrons. The number of aliphatic hydroxyl groups excluding tert-OH is 3. The van der Waals surface area contributed by atoms with Gasteiger partial charge in [-0.25, -0.2) is 0 Å². The second kappa shape index (κ2) is 11.2. The van der Waals surface area contributed by atoms with Crippen LogP contribution < -0.4 is 0 Å². The molecule has 25 heavy (non-hydrogen) atoms. The van der Waals surface area contributed by atoms with Crippen LogP contribution in [0, 0.1) is 5.92 Å². The molecule has 0 saturated carbocycles. The minimum Gasteiger partial charge on any atom is -0.388 e. The van der Waals surface area contributed by atoms with Gasteiger partial charge < -0.3 is 24.8 Å². The second-order valence-electron chi connectivity index (χ2n) is 7.47. The maximum Gasteiger partial charge on any atom is 0.186 e. The molecule has 0 aromatic rings. The lowest BCUT2D eigenvalue weighted by atomic mass is 9.98. The fourth-order valence-corrected chi connectivity index (χ4v) is 2.97. The summed E-state index contributed by atoms with van der Waals surface area (Å²) in [5.74, 6) is 0.0345. The Hall–Kier alpha value is -0.530. The van der Waals surface area contributed by atoms with Crippen LogP contribution in [0.25, 0.3) is 0 Å². The minimum atomic E-state index is -1.33. The standard InChI is InChI=1S/C19H36O6/c1-5-6-7-8-9-10-14(11-15(20)12(2)3)25-19-18(23)17(22)16(21)13(4)24-19/h12-14,16-19,21-23H,5-11H2,1-4H3/t13-,14?,16-,17+,18+,19-/m0/s1. The normalized spacial score (nSPS) is 31.3. The van der Waals surface area contributed by atoms with Gasteiger partial charge in [0.25, 0.3) is 0 Å². The van der Waals surface area contributed by atoms with Crippen LogP contribution in [0.5, 0.6) is 0 Å². The van der Waals surface area contributed by atoms with E-state index in [1.54, 1.807) is 6.92 Å². The summed E-state index contributed by atoms with van der Waals surface area (Å²) in [5, 5.41) is 29.8. The minimum absolute atomic E-state index is 0.0743. The lowest BCUT2D eigenvalue weighted by molar-refractivity contribution is -0.304. The molecular formula is C19H36O6. The van der Waals surface area contributed by atoms with Crippen molar-refractivity contribution in [2.45, 2.75) is 109 Å². The quantitative estimate of drug-likeness (QED) is 0.489. The highest BCUT2D eigenvalue weighted by atomic mass is 16.7. The van der Waals surface area contributed by atoms with Gasteiger partial charge >= 0.3 is 0 Å². The number of ketones is 1. The lowest BCUT2D eigenvalue weighted by Crippen LogP contribution is -2.58. The number of unbranched alkanes of at least 4 members (excludes halogenated alkanes) is 4. The number of hydrogen-bond acceptors (Lipinski definition) is 6. The molecule has 0 aliphatic carbocycles. The first kappa shape index (κ1) is 22.5. The first-order valence-corrected chi connectivity index (χ1v) is 9.65. The summed E-state index contributed by atoms with van der Waals surface area (Å²) in [6, 6.07) is 0. The molecular weight excluding hydrogens is 324 g/mol. The Kier molecular flexibility index (Phi) is 10.1. The van der Waals surface area contributed by atoms with Gasteiger partial charge in [0.15, 0.2) is 6.29 Å². The van der Waals surface area contributed by atoms with E-state index in [0.29, 0.717) is 6.42 Å². The number of rotatable bonds is 11. The smallest absolute Gasteiger partial charge is 0.186 e. The predicted octanol–water partition coefficient (Wildman–Crippen LogP) is 2.17. The van der Waals surface area contributed by atoms with Crippen molar-refractivity contribution in [3.05, 3.63) is 0 Å². The molecule has 0 aromatic heterocycles. The van der Waals surface area contributed by atoms with Crippen LogP contribution in [0.2, 0.25) is 0 Å². The molecule has 1 heterocycles. The van der Waals surface area contributed by atoms with Gasteiger partial charge in [0.1, 0.15) is 24.1 Å². The third-order valence-corrected chi connectivity index (χ3v) is 4.84. The van der Waals surface area contributed by atoms with Crippen molar-refractivity contribution >= 4 is 5.78 Å². The van der Waals surface area contributed by atoms with E-state index in [9.17, 15) is 20.1 Å². The summed E-state index contributed by atoms with van der Waals surface area (Å²) in [4.78, 5) is 12.1. The molecule has 1 unspecified atom stereocenters. The fraction of sp³-hybridized carbons (Fsp3) is 0.947. The van der Waals surface area contributed by atoms with Gasteiger partial charge in [0.2, 0.25) is 0 Å². The molecule has 0 bridgehead atoms. The van der Waals surface area contributed by atoms with E-state index < -0.39 is 30.7 Å². The third kappa shape index (κ3) is 7.31. The van der Waals surface area contributed by atoms with E-state index in [2.05, 4.69) is 6.92 Å². The van der Waals surface area contributed by atoms with E-state index in [4.69, 9.17) is 9.47 Å². The molecule has 1 rings (SSSR count). The fourth-order valence-electron chi connectivity index (χ4n) is 2.97. The number of carbonyl (C=O) groups excluding carboxylic acids is 1. The van der Waals surface area contributed by atoms with Crippen LogP contribution in [0.15, 0.2) is 0 Å². The van der Waals surface area contributed by atoms with E-state index in [1.165, 1.54) is 12.8 Å². The molecule has 3 N–H and O–H groups in total. The van der Waals surface area contributed by atoms with Crippen molar-refractivity contribution in [2.24, 2.45) is 5.92 Å². The monoisotopic (exact) mass is 360 g/mol. The van der Waals surface area contributed by atoms with Gasteiger partial charge in [-0.15, -0.1) is 0 Å². The number of ether oxygens (including phenoxy) is 2. The van der Waals surface area contributed by atoms with E-state index in [1.807, 2.05) is 13.8 Å². The molecule has 1 saturated heterocycles. The maximum absolute atomic E-state index is 12.1. The third-order valence-electron chi connectivity index (χ3n) is 4.84. The molecule has 6 nitrogen and oxygen atoms in total. The SMILES string of the molecule is CCCCCCCC(CC(=O)C(C)C)O[C@@H]1O[C@@H](C)[C@H](O)[C@@H](O)[C@H]1O. The first-order valence-electron chi connectivity index (χ1n) is 9.65. The van der Waals surface area contributed by atoms with Crippen molar-refractivity contribution < 1.29 is 29.6 Å². The topological polar surface area (TPSA) is 96.2 Å². The highest BCUT2D eigenvalue weighted by Crippen LogP contribution is 2.25. The van der Waals surface area contributed by atoms with Gasteiger partial charge in [-0.05, 0) is 13.3 Å². The molecule has 0 amide bonds. The van der Waals surface area contributed by atoms with Gasteiger partial charge in [-0.3, -0.25) is 4.79 Å². The molecule has 1 aliphatic heterocycles. The van der Waals surface area contributed by atoms with Gasteiger partial charge in [0.05, 0.1) is 12.2 Å². The van der Waals surface area contributed by atoms with Gasteiger partial charge in [-0.2, -0.15) is 0 Å². The summed E-state index contributed by atoms with van der Waals surface area (Å²) in [6.07, 6.45) is 0.693. The van der Waals surface area contributed by atoms with Crippen LogP contribution in [0.4, 0.5) is 0 Å². The summed E-state index contributed by atoms with van der Waals surface area (Å²) in [6.45, 7) is 7.49. The average Bonchev–Trinajstić information content (AvgIpc) is 2.57. The van der Waals surface area contributed by atoms with Gasteiger partial charge in [-0.1, -0.05) is 52.9 Å². The van der Waals surface area contributed by atoms with Gasteiger partial charge in [0, 0.05) is 12.3 Å². The molecule has 6 heteroatoms. The second-order valence-corrected chi connectivity index (χ2v) is 7.47. The summed E-state index contributed by atoms with van der Waals surface area (Å²) in [5.41, 5.74) is 0. The van der Waals surface area contributed by atoms with E-state index in [-0.39, 0.29) is 24.2 Å². The molecule has 6 atom stereocenters. The van der Waals surface area contributed by atoms with Crippen LogP contribution >= 0.6 is 0 Å². The van der Waals surface area contributed by atoms with Crippen molar-refractivity contribution in [2.75, 3.05) is 0 Å². The zero-order valence-electron chi connectivity index (χ0n) is 16.1. The highest BCUT2D eigenvalue weighted by molar-refractivity contribution is 5.80. The van der Waals surface area contributed by atoms with Crippen molar-refractivity contribution in [3.8, 4) is 0 Å². The summed E-state index contributed by atoms with van der Waals surface area (Å²) < 4.78 is 11.4. The number of hydrogen-bond donors (Lipinski definition) is 3. The van der Waals surface area contributed by atoms with Crippen LogP contribution in [0.3, 0.4) is 0 Å². The zero-order chi connectivity index (χ0) is 19.0.